The lowest BCUT2D eigenvalue weighted by molar-refractivity contribution is 0.0998. The Bertz CT molecular complexity index is 269. The van der Waals surface area contributed by atoms with Crippen molar-refractivity contribution in [2.75, 3.05) is 13.2 Å². The molecule has 3 heteroatoms. The fourth-order valence-electron chi connectivity index (χ4n) is 1.33. The molecule has 0 spiro atoms. The zero-order valence-electron chi connectivity index (χ0n) is 6.66. The third-order valence-electron chi connectivity index (χ3n) is 1.94. The van der Waals surface area contributed by atoms with Crippen molar-refractivity contribution in [3.8, 4) is 5.75 Å². The summed E-state index contributed by atoms with van der Waals surface area (Å²) in [5, 5.41) is 12.6. The average molecular weight is 165 g/mol. The van der Waals surface area contributed by atoms with E-state index in [-0.39, 0.29) is 12.0 Å². The van der Waals surface area contributed by atoms with Crippen LogP contribution in [-0.2, 0) is 4.74 Å². The van der Waals surface area contributed by atoms with E-state index in [0.717, 1.165) is 12.1 Å². The third-order valence-corrected chi connectivity index (χ3v) is 1.94. The summed E-state index contributed by atoms with van der Waals surface area (Å²) in [5.74, 6) is 0.289. The van der Waals surface area contributed by atoms with Crippen molar-refractivity contribution in [1.29, 1.82) is 0 Å². The smallest absolute Gasteiger partial charge is 0.138 e. The fourth-order valence-corrected chi connectivity index (χ4v) is 1.33. The molecule has 0 aromatic heterocycles. The van der Waals surface area contributed by atoms with Crippen LogP contribution < -0.4 is 5.32 Å². The topological polar surface area (TPSA) is 41.5 Å². The second-order valence-electron chi connectivity index (χ2n) is 2.76. The van der Waals surface area contributed by atoms with Crippen molar-refractivity contribution in [2.24, 2.45) is 0 Å². The first-order valence-electron chi connectivity index (χ1n) is 4.01. The van der Waals surface area contributed by atoms with E-state index < -0.39 is 0 Å². The van der Waals surface area contributed by atoms with Crippen molar-refractivity contribution >= 4 is 0 Å². The number of rotatable bonds is 1. The van der Waals surface area contributed by atoms with Gasteiger partial charge in [-0.2, -0.15) is 0 Å². The highest BCUT2D eigenvalue weighted by molar-refractivity contribution is 5.33. The quantitative estimate of drug-likeness (QED) is 0.652. The molecule has 0 aliphatic carbocycles. The van der Waals surface area contributed by atoms with Gasteiger partial charge < -0.3 is 9.84 Å². The largest absolute Gasteiger partial charge is 0.508 e. The number of para-hydroxylation sites is 1. The average Bonchev–Trinajstić information content (AvgIpc) is 2.57. The predicted molar refractivity (Wildman–Crippen MR) is 44.8 cm³/mol. The van der Waals surface area contributed by atoms with E-state index in [0.29, 0.717) is 6.61 Å². The summed E-state index contributed by atoms with van der Waals surface area (Å²) in [6.45, 7) is 1.55. The molecular formula is C9H11NO2. The van der Waals surface area contributed by atoms with Crippen molar-refractivity contribution in [3.05, 3.63) is 29.8 Å². The molecule has 1 fully saturated rings. The minimum Gasteiger partial charge on any atom is -0.508 e. The van der Waals surface area contributed by atoms with Gasteiger partial charge in [-0.05, 0) is 6.07 Å². The van der Waals surface area contributed by atoms with Gasteiger partial charge in [-0.15, -0.1) is 0 Å². The number of hydrogen-bond acceptors (Lipinski definition) is 3. The number of phenols is 1. The SMILES string of the molecule is Oc1ccccc1C1NCCO1. The summed E-state index contributed by atoms with van der Waals surface area (Å²) in [6, 6.07) is 7.21. The highest BCUT2D eigenvalue weighted by Crippen LogP contribution is 2.25. The van der Waals surface area contributed by atoms with Crippen molar-refractivity contribution in [2.45, 2.75) is 6.23 Å². The molecule has 1 aromatic carbocycles. The summed E-state index contributed by atoms with van der Waals surface area (Å²) in [6.07, 6.45) is -0.133. The Hall–Kier alpha value is -1.06. The fraction of sp³-hybridized carbons (Fsp3) is 0.333. The van der Waals surface area contributed by atoms with Gasteiger partial charge in [0.2, 0.25) is 0 Å². The molecule has 0 radical (unpaired) electrons. The Kier molecular flexibility index (Phi) is 1.98. The number of hydrogen-bond donors (Lipinski definition) is 2. The molecule has 0 saturated carbocycles. The number of benzene rings is 1. The zero-order valence-corrected chi connectivity index (χ0v) is 6.66. The molecule has 3 nitrogen and oxygen atoms in total. The van der Waals surface area contributed by atoms with Gasteiger partial charge in [0.15, 0.2) is 0 Å². The van der Waals surface area contributed by atoms with Crippen LogP contribution in [0.2, 0.25) is 0 Å². The summed E-state index contributed by atoms with van der Waals surface area (Å²) in [5.41, 5.74) is 0.815. The van der Waals surface area contributed by atoms with Crippen LogP contribution in [0.5, 0.6) is 5.75 Å². The van der Waals surface area contributed by atoms with Crippen molar-refractivity contribution in [3.63, 3.8) is 0 Å². The first kappa shape index (κ1) is 7.58. The van der Waals surface area contributed by atoms with Gasteiger partial charge in [0.25, 0.3) is 0 Å². The van der Waals surface area contributed by atoms with Gasteiger partial charge in [0, 0.05) is 12.1 Å². The van der Waals surface area contributed by atoms with Gasteiger partial charge >= 0.3 is 0 Å². The summed E-state index contributed by atoms with van der Waals surface area (Å²) in [4.78, 5) is 0. The van der Waals surface area contributed by atoms with Crippen LogP contribution >= 0.6 is 0 Å². The molecule has 1 aliphatic heterocycles. The molecule has 12 heavy (non-hydrogen) atoms. The highest BCUT2D eigenvalue weighted by Gasteiger charge is 2.18. The maximum absolute atomic E-state index is 9.45. The van der Waals surface area contributed by atoms with Crippen LogP contribution in [0, 0.1) is 0 Å². The van der Waals surface area contributed by atoms with E-state index in [1.165, 1.54) is 0 Å². The Labute approximate surface area is 71.0 Å². The monoisotopic (exact) mass is 165 g/mol. The molecule has 2 N–H and O–H groups in total. The molecular weight excluding hydrogens is 154 g/mol. The van der Waals surface area contributed by atoms with Crippen LogP contribution in [-0.4, -0.2) is 18.3 Å². The van der Waals surface area contributed by atoms with Crippen molar-refractivity contribution in [1.82, 2.24) is 5.32 Å². The van der Waals surface area contributed by atoms with Gasteiger partial charge in [0.05, 0.1) is 6.61 Å². The van der Waals surface area contributed by atoms with Crippen LogP contribution in [0.1, 0.15) is 11.8 Å². The lowest BCUT2D eigenvalue weighted by atomic mass is 10.2. The number of phenolic OH excluding ortho intramolecular Hbond substituents is 1. The summed E-state index contributed by atoms with van der Waals surface area (Å²) >= 11 is 0. The van der Waals surface area contributed by atoms with Gasteiger partial charge in [-0.25, -0.2) is 0 Å². The van der Waals surface area contributed by atoms with E-state index >= 15 is 0 Å². The van der Waals surface area contributed by atoms with Gasteiger partial charge in [-0.1, -0.05) is 18.2 Å². The lowest BCUT2D eigenvalue weighted by Gasteiger charge is -2.10. The Balaban J connectivity index is 2.26. The molecule has 1 aliphatic rings. The molecule has 1 atom stereocenters. The first-order valence-corrected chi connectivity index (χ1v) is 4.01. The molecule has 1 saturated heterocycles. The Morgan fingerprint density at radius 1 is 1.42 bits per heavy atom. The van der Waals surface area contributed by atoms with E-state index in [9.17, 15) is 5.11 Å². The standard InChI is InChI=1S/C9H11NO2/c11-8-4-2-1-3-7(8)9-10-5-6-12-9/h1-4,9-11H,5-6H2. The number of aromatic hydroxyl groups is 1. The van der Waals surface area contributed by atoms with Gasteiger partial charge in [-0.3, -0.25) is 5.32 Å². The van der Waals surface area contributed by atoms with E-state index in [1.54, 1.807) is 12.1 Å². The number of nitrogens with one attached hydrogen (secondary N) is 1. The maximum Gasteiger partial charge on any atom is 0.138 e. The van der Waals surface area contributed by atoms with Crippen molar-refractivity contribution < 1.29 is 9.84 Å². The molecule has 1 aromatic rings. The first-order chi connectivity index (χ1) is 5.88. The van der Waals surface area contributed by atoms with Crippen LogP contribution in [0.4, 0.5) is 0 Å². The van der Waals surface area contributed by atoms with E-state index in [4.69, 9.17) is 4.74 Å². The molecule has 64 valence electrons. The normalized spacial score (nSPS) is 22.8. The highest BCUT2D eigenvalue weighted by atomic mass is 16.5. The van der Waals surface area contributed by atoms with Crippen LogP contribution in [0.25, 0.3) is 0 Å². The van der Waals surface area contributed by atoms with Gasteiger partial charge in [0.1, 0.15) is 12.0 Å². The molecule has 0 bridgehead atoms. The maximum atomic E-state index is 9.45. The lowest BCUT2D eigenvalue weighted by Crippen LogP contribution is -2.13. The Morgan fingerprint density at radius 2 is 2.25 bits per heavy atom. The molecule has 2 rings (SSSR count). The second kappa shape index (κ2) is 3.13. The van der Waals surface area contributed by atoms with Crippen LogP contribution in [0.15, 0.2) is 24.3 Å². The molecule has 0 amide bonds. The molecule has 1 heterocycles. The summed E-state index contributed by atoms with van der Waals surface area (Å²) < 4.78 is 5.35. The minimum absolute atomic E-state index is 0.133. The van der Waals surface area contributed by atoms with E-state index in [2.05, 4.69) is 5.32 Å². The molecule has 1 unspecified atom stereocenters. The van der Waals surface area contributed by atoms with E-state index in [1.807, 2.05) is 12.1 Å². The third kappa shape index (κ3) is 1.29. The van der Waals surface area contributed by atoms with Crippen LogP contribution in [0.3, 0.4) is 0 Å². The second-order valence-corrected chi connectivity index (χ2v) is 2.76. The Morgan fingerprint density at radius 3 is 2.92 bits per heavy atom. The number of ether oxygens (including phenoxy) is 1. The zero-order chi connectivity index (χ0) is 8.39. The summed E-state index contributed by atoms with van der Waals surface area (Å²) in [7, 11) is 0. The predicted octanol–water partition coefficient (Wildman–Crippen LogP) is 1.01. The minimum atomic E-state index is -0.133.